The van der Waals surface area contributed by atoms with E-state index in [9.17, 15) is 14.4 Å². The summed E-state index contributed by atoms with van der Waals surface area (Å²) >= 11 is 0. The molecule has 0 aliphatic carbocycles. The zero-order valence-corrected chi connectivity index (χ0v) is 41.7. The maximum Gasteiger partial charge on any atom is 0.306 e. The third-order valence-corrected chi connectivity index (χ3v) is 12.2. The lowest BCUT2D eigenvalue weighted by Crippen LogP contribution is -2.30. The van der Waals surface area contributed by atoms with Gasteiger partial charge in [0.2, 0.25) is 0 Å². The smallest absolute Gasteiger partial charge is 0.306 e. The largest absolute Gasteiger partial charge is 0.462 e. The van der Waals surface area contributed by atoms with Crippen molar-refractivity contribution >= 4 is 17.9 Å². The Kier molecular flexibility index (Phi) is 49.8. The van der Waals surface area contributed by atoms with Crippen LogP contribution in [-0.4, -0.2) is 37.2 Å². The van der Waals surface area contributed by atoms with Gasteiger partial charge in [-0.1, -0.05) is 231 Å². The summed E-state index contributed by atoms with van der Waals surface area (Å²) in [5, 5.41) is 0. The lowest BCUT2D eigenvalue weighted by Gasteiger charge is -2.18. The van der Waals surface area contributed by atoms with Gasteiger partial charge >= 0.3 is 17.9 Å². The second kappa shape index (κ2) is 51.5. The number of rotatable bonds is 50. The third kappa shape index (κ3) is 48.9. The number of ether oxygens (including phenoxy) is 3. The Balaban J connectivity index is 4.14. The van der Waals surface area contributed by atoms with Crippen molar-refractivity contribution < 1.29 is 28.6 Å². The molecular weight excluding hydrogens is 769 g/mol. The van der Waals surface area contributed by atoms with Gasteiger partial charge in [-0.05, 0) is 70.6 Å². The first-order chi connectivity index (χ1) is 30.5. The first-order valence-corrected chi connectivity index (χ1v) is 27.3. The number of hydrogen-bond acceptors (Lipinski definition) is 6. The molecule has 6 heteroatoms. The van der Waals surface area contributed by atoms with E-state index in [1.165, 1.54) is 199 Å². The topological polar surface area (TPSA) is 78.9 Å². The van der Waals surface area contributed by atoms with E-state index in [4.69, 9.17) is 14.2 Å². The molecular formula is C56H104O6. The van der Waals surface area contributed by atoms with Crippen LogP contribution >= 0.6 is 0 Å². The van der Waals surface area contributed by atoms with E-state index in [0.29, 0.717) is 19.3 Å². The van der Waals surface area contributed by atoms with E-state index >= 15 is 0 Å². The summed E-state index contributed by atoms with van der Waals surface area (Å²) in [5.74, 6) is -0.874. The van der Waals surface area contributed by atoms with E-state index < -0.39 is 6.10 Å². The Morgan fingerprint density at radius 3 is 0.806 bits per heavy atom. The fourth-order valence-electron chi connectivity index (χ4n) is 8.02. The number of carbonyl (C=O) groups excluding carboxylic acids is 3. The highest BCUT2D eigenvalue weighted by Crippen LogP contribution is 2.16. The Labute approximate surface area is 385 Å². The second-order valence-corrected chi connectivity index (χ2v) is 18.5. The number of hydrogen-bond donors (Lipinski definition) is 0. The number of unbranched alkanes of at least 4 members (excludes halogenated alkanes) is 35. The van der Waals surface area contributed by atoms with Crippen LogP contribution in [0.4, 0.5) is 0 Å². The summed E-state index contributed by atoms with van der Waals surface area (Å²) in [6.07, 6.45) is 59.1. The summed E-state index contributed by atoms with van der Waals surface area (Å²) in [6, 6.07) is 0. The first kappa shape index (κ1) is 59.9. The molecule has 0 spiro atoms. The molecule has 1 atom stereocenters. The molecule has 0 aliphatic rings. The second-order valence-electron chi connectivity index (χ2n) is 18.5. The molecule has 0 aliphatic heterocycles. The molecule has 0 fully saturated rings. The molecule has 364 valence electrons. The standard InChI is InChI=1S/C56H104O6/c1-4-7-10-13-16-18-20-22-24-26-27-28-29-31-32-34-36-38-40-43-46-49-55(58)61-52-53(51-60-54(57)48-45-42-15-12-9-6-3)62-56(59)50-47-44-41-39-37-35-33-30-25-23-21-19-17-14-11-8-5-2/h23,25-27,53H,4-22,24,28-52H2,1-3H3/b25-23-,27-26-. The Morgan fingerprint density at radius 1 is 0.306 bits per heavy atom. The van der Waals surface area contributed by atoms with E-state index in [2.05, 4.69) is 45.1 Å². The molecule has 0 N–H and O–H groups in total. The normalized spacial score (nSPS) is 12.1. The van der Waals surface area contributed by atoms with Crippen LogP contribution in [0.3, 0.4) is 0 Å². The van der Waals surface area contributed by atoms with Crippen molar-refractivity contribution in [1.29, 1.82) is 0 Å². The highest BCUT2D eigenvalue weighted by atomic mass is 16.6. The van der Waals surface area contributed by atoms with Crippen LogP contribution in [0.1, 0.15) is 297 Å². The fourth-order valence-corrected chi connectivity index (χ4v) is 8.02. The predicted molar refractivity (Wildman–Crippen MR) is 266 cm³/mol. The first-order valence-electron chi connectivity index (χ1n) is 27.3. The average Bonchev–Trinajstić information content (AvgIpc) is 3.27. The third-order valence-electron chi connectivity index (χ3n) is 12.2. The minimum absolute atomic E-state index is 0.0713. The van der Waals surface area contributed by atoms with Crippen LogP contribution in [0.25, 0.3) is 0 Å². The molecule has 0 amide bonds. The van der Waals surface area contributed by atoms with E-state index in [1.807, 2.05) is 0 Å². The zero-order chi connectivity index (χ0) is 45.1. The fraction of sp³-hybridized carbons (Fsp3) is 0.875. The molecule has 0 aromatic rings. The van der Waals surface area contributed by atoms with E-state index in [-0.39, 0.29) is 31.1 Å². The van der Waals surface area contributed by atoms with Crippen LogP contribution in [0.5, 0.6) is 0 Å². The lowest BCUT2D eigenvalue weighted by molar-refractivity contribution is -0.167. The minimum atomic E-state index is -0.768. The number of allylic oxidation sites excluding steroid dienone is 4. The molecule has 1 unspecified atom stereocenters. The van der Waals surface area contributed by atoms with Crippen molar-refractivity contribution in [3.8, 4) is 0 Å². The quantitative estimate of drug-likeness (QED) is 0.0262. The van der Waals surface area contributed by atoms with E-state index in [0.717, 1.165) is 57.8 Å². The molecule has 0 saturated carbocycles. The minimum Gasteiger partial charge on any atom is -0.462 e. The highest BCUT2D eigenvalue weighted by molar-refractivity contribution is 5.71. The van der Waals surface area contributed by atoms with Crippen molar-refractivity contribution in [2.24, 2.45) is 0 Å². The summed E-state index contributed by atoms with van der Waals surface area (Å²) < 4.78 is 16.7. The maximum atomic E-state index is 12.8. The van der Waals surface area contributed by atoms with Gasteiger partial charge in [-0.3, -0.25) is 14.4 Å². The Bertz CT molecular complexity index is 1000. The summed E-state index contributed by atoms with van der Waals surface area (Å²) in [6.45, 7) is 6.60. The van der Waals surface area contributed by atoms with Crippen LogP contribution in [0.15, 0.2) is 24.3 Å². The van der Waals surface area contributed by atoms with Gasteiger partial charge in [0.25, 0.3) is 0 Å². The van der Waals surface area contributed by atoms with E-state index in [1.54, 1.807) is 0 Å². The SMILES string of the molecule is CCCCCCCC/C=C\CCCCCCCCCC(=O)OC(COC(=O)CCCCCCCC)COC(=O)CCCCCCCCCCC/C=C\CCCCCCCCCC. The molecule has 0 radical (unpaired) electrons. The van der Waals surface area contributed by atoms with Crippen LogP contribution in [0.2, 0.25) is 0 Å². The van der Waals surface area contributed by atoms with Crippen molar-refractivity contribution in [2.75, 3.05) is 13.2 Å². The Morgan fingerprint density at radius 2 is 0.532 bits per heavy atom. The predicted octanol–water partition coefficient (Wildman–Crippen LogP) is 17.9. The number of esters is 3. The monoisotopic (exact) mass is 873 g/mol. The van der Waals surface area contributed by atoms with Gasteiger partial charge in [0, 0.05) is 19.3 Å². The van der Waals surface area contributed by atoms with Gasteiger partial charge in [-0.15, -0.1) is 0 Å². The highest BCUT2D eigenvalue weighted by Gasteiger charge is 2.19. The van der Waals surface area contributed by atoms with Crippen molar-refractivity contribution in [2.45, 2.75) is 303 Å². The van der Waals surface area contributed by atoms with Crippen LogP contribution in [0, 0.1) is 0 Å². The Hall–Kier alpha value is -2.11. The van der Waals surface area contributed by atoms with Gasteiger partial charge in [0.05, 0.1) is 0 Å². The molecule has 0 aromatic carbocycles. The van der Waals surface area contributed by atoms with Gasteiger partial charge in [0.15, 0.2) is 6.10 Å². The maximum absolute atomic E-state index is 12.8. The molecule has 0 saturated heterocycles. The molecule has 6 nitrogen and oxygen atoms in total. The van der Waals surface area contributed by atoms with Gasteiger partial charge in [0.1, 0.15) is 13.2 Å². The van der Waals surface area contributed by atoms with Gasteiger partial charge in [-0.2, -0.15) is 0 Å². The van der Waals surface area contributed by atoms with Gasteiger partial charge < -0.3 is 14.2 Å². The summed E-state index contributed by atoms with van der Waals surface area (Å²) in [5.41, 5.74) is 0. The van der Waals surface area contributed by atoms with Crippen LogP contribution in [-0.2, 0) is 28.6 Å². The van der Waals surface area contributed by atoms with Crippen LogP contribution < -0.4 is 0 Å². The molecule has 0 bridgehead atoms. The van der Waals surface area contributed by atoms with Crippen molar-refractivity contribution in [3.63, 3.8) is 0 Å². The zero-order valence-electron chi connectivity index (χ0n) is 41.7. The van der Waals surface area contributed by atoms with Gasteiger partial charge in [-0.25, -0.2) is 0 Å². The lowest BCUT2D eigenvalue weighted by atomic mass is 10.1. The molecule has 0 aromatic heterocycles. The van der Waals surface area contributed by atoms with Crippen molar-refractivity contribution in [3.05, 3.63) is 24.3 Å². The number of carbonyl (C=O) groups is 3. The average molecular weight is 873 g/mol. The summed E-state index contributed by atoms with van der Waals surface area (Å²) in [4.78, 5) is 37.8. The van der Waals surface area contributed by atoms with Crippen molar-refractivity contribution in [1.82, 2.24) is 0 Å². The molecule has 62 heavy (non-hydrogen) atoms. The summed E-state index contributed by atoms with van der Waals surface area (Å²) in [7, 11) is 0. The molecule has 0 heterocycles. The molecule has 0 rings (SSSR count).